The normalized spacial score (nSPS) is 10.2. The predicted molar refractivity (Wildman–Crippen MR) is 68.5 cm³/mol. The van der Waals surface area contributed by atoms with E-state index in [0.717, 1.165) is 5.56 Å². The summed E-state index contributed by atoms with van der Waals surface area (Å²) >= 11 is 6.09. The number of halogens is 1. The average molecular weight is 274 g/mol. The second-order valence-electron chi connectivity index (χ2n) is 3.62. The van der Waals surface area contributed by atoms with Crippen molar-refractivity contribution in [3.05, 3.63) is 22.7 Å². The van der Waals surface area contributed by atoms with Gasteiger partial charge in [-0.1, -0.05) is 11.6 Å². The van der Waals surface area contributed by atoms with Crippen molar-refractivity contribution in [2.45, 2.75) is 13.0 Å². The molecule has 0 heterocycles. The Morgan fingerprint density at radius 2 is 1.94 bits per heavy atom. The maximum Gasteiger partial charge on any atom is 0.304 e. The van der Waals surface area contributed by atoms with Gasteiger partial charge in [-0.3, -0.25) is 4.79 Å². The maximum atomic E-state index is 10.4. The molecule has 5 nitrogen and oxygen atoms in total. The Balaban J connectivity index is 2.68. The van der Waals surface area contributed by atoms with Crippen molar-refractivity contribution < 1.29 is 19.4 Å². The molecule has 0 saturated carbocycles. The van der Waals surface area contributed by atoms with Crippen molar-refractivity contribution in [2.24, 2.45) is 0 Å². The molecule has 0 fully saturated rings. The molecule has 0 saturated heterocycles. The number of hydrogen-bond acceptors (Lipinski definition) is 4. The summed E-state index contributed by atoms with van der Waals surface area (Å²) in [6.07, 6.45) is 0.0743. The summed E-state index contributed by atoms with van der Waals surface area (Å²) in [6, 6.07) is 3.45. The van der Waals surface area contributed by atoms with Crippen LogP contribution in [0.3, 0.4) is 0 Å². The minimum absolute atomic E-state index is 0.0743. The lowest BCUT2D eigenvalue weighted by molar-refractivity contribution is -0.136. The topological polar surface area (TPSA) is 67.8 Å². The van der Waals surface area contributed by atoms with Crippen molar-refractivity contribution in [1.29, 1.82) is 0 Å². The largest absolute Gasteiger partial charge is 0.493 e. The first-order valence-corrected chi connectivity index (χ1v) is 5.79. The first kappa shape index (κ1) is 14.6. The van der Waals surface area contributed by atoms with Gasteiger partial charge in [0.1, 0.15) is 0 Å². The fourth-order valence-corrected chi connectivity index (χ4v) is 1.67. The monoisotopic (exact) mass is 273 g/mol. The van der Waals surface area contributed by atoms with Gasteiger partial charge in [-0.05, 0) is 11.6 Å². The molecule has 0 aliphatic heterocycles. The third-order valence-electron chi connectivity index (χ3n) is 2.38. The number of nitrogens with one attached hydrogen (secondary N) is 1. The van der Waals surface area contributed by atoms with Gasteiger partial charge < -0.3 is 19.9 Å². The molecule has 18 heavy (non-hydrogen) atoms. The Bertz CT molecular complexity index is 423. The molecular formula is C12H16ClNO4. The zero-order valence-corrected chi connectivity index (χ0v) is 11.1. The number of rotatable bonds is 7. The maximum absolute atomic E-state index is 10.4. The highest BCUT2D eigenvalue weighted by molar-refractivity contribution is 6.31. The van der Waals surface area contributed by atoms with Crippen LogP contribution in [0.4, 0.5) is 0 Å². The number of ether oxygens (including phenoxy) is 2. The molecule has 0 atom stereocenters. The fraction of sp³-hybridized carbons (Fsp3) is 0.417. The van der Waals surface area contributed by atoms with Gasteiger partial charge in [0.05, 0.1) is 20.6 Å². The van der Waals surface area contributed by atoms with Crippen LogP contribution in [0.5, 0.6) is 11.5 Å². The van der Waals surface area contributed by atoms with Crippen LogP contribution in [0.25, 0.3) is 0 Å². The molecule has 1 aromatic carbocycles. The van der Waals surface area contributed by atoms with Gasteiger partial charge in [-0.2, -0.15) is 0 Å². The quantitative estimate of drug-likeness (QED) is 0.743. The van der Waals surface area contributed by atoms with E-state index in [-0.39, 0.29) is 6.42 Å². The molecule has 0 aliphatic rings. The number of hydrogen-bond donors (Lipinski definition) is 2. The van der Waals surface area contributed by atoms with Crippen molar-refractivity contribution in [2.75, 3.05) is 20.8 Å². The van der Waals surface area contributed by atoms with E-state index in [4.69, 9.17) is 26.2 Å². The van der Waals surface area contributed by atoms with E-state index in [9.17, 15) is 4.79 Å². The van der Waals surface area contributed by atoms with Gasteiger partial charge in [-0.15, -0.1) is 0 Å². The van der Waals surface area contributed by atoms with E-state index in [2.05, 4.69) is 5.32 Å². The summed E-state index contributed by atoms with van der Waals surface area (Å²) in [5.41, 5.74) is 0.833. The minimum Gasteiger partial charge on any atom is -0.493 e. The van der Waals surface area contributed by atoms with E-state index in [1.807, 2.05) is 0 Å². The number of aliphatic carboxylic acids is 1. The third kappa shape index (κ3) is 4.09. The molecule has 0 amide bonds. The summed E-state index contributed by atoms with van der Waals surface area (Å²) in [7, 11) is 3.09. The van der Waals surface area contributed by atoms with Crippen molar-refractivity contribution in [1.82, 2.24) is 5.32 Å². The summed E-state index contributed by atoms with van der Waals surface area (Å²) < 4.78 is 10.3. The SMILES string of the molecule is COc1cc(Cl)c(CNCCC(=O)O)cc1OC. The molecule has 1 rings (SSSR count). The number of methoxy groups -OCH3 is 2. The molecule has 100 valence electrons. The Labute approximate surface area is 111 Å². The average Bonchev–Trinajstić information content (AvgIpc) is 2.35. The molecule has 1 aromatic rings. The Morgan fingerprint density at radius 3 is 2.50 bits per heavy atom. The Hall–Kier alpha value is -1.46. The van der Waals surface area contributed by atoms with Crippen LogP contribution < -0.4 is 14.8 Å². The Morgan fingerprint density at radius 1 is 1.33 bits per heavy atom. The number of benzene rings is 1. The number of carbonyl (C=O) groups is 1. The fourth-order valence-electron chi connectivity index (χ4n) is 1.45. The smallest absolute Gasteiger partial charge is 0.304 e. The zero-order valence-electron chi connectivity index (χ0n) is 10.3. The second kappa shape index (κ2) is 7.08. The molecule has 2 N–H and O–H groups in total. The lowest BCUT2D eigenvalue weighted by atomic mass is 10.2. The van der Waals surface area contributed by atoms with Crippen LogP contribution in [0, 0.1) is 0 Å². The van der Waals surface area contributed by atoms with Crippen LogP contribution in [-0.4, -0.2) is 31.8 Å². The lowest BCUT2D eigenvalue weighted by Crippen LogP contribution is -2.17. The van der Waals surface area contributed by atoms with Crippen LogP contribution in [0.1, 0.15) is 12.0 Å². The Kier molecular flexibility index (Phi) is 5.74. The predicted octanol–water partition coefficient (Wildman–Crippen LogP) is 1.92. The molecule has 0 spiro atoms. The van der Waals surface area contributed by atoms with Gasteiger partial charge in [0.15, 0.2) is 11.5 Å². The van der Waals surface area contributed by atoms with Crippen LogP contribution in [-0.2, 0) is 11.3 Å². The molecule has 6 heteroatoms. The first-order valence-electron chi connectivity index (χ1n) is 5.41. The van der Waals surface area contributed by atoms with E-state index in [0.29, 0.717) is 29.6 Å². The number of carboxylic acid groups (broad SMARTS) is 1. The lowest BCUT2D eigenvalue weighted by Gasteiger charge is -2.12. The first-order chi connectivity index (χ1) is 8.58. The molecular weight excluding hydrogens is 258 g/mol. The van der Waals surface area contributed by atoms with E-state index >= 15 is 0 Å². The van der Waals surface area contributed by atoms with Gasteiger partial charge in [0.25, 0.3) is 0 Å². The molecule has 0 radical (unpaired) electrons. The van der Waals surface area contributed by atoms with Crippen LogP contribution in [0.15, 0.2) is 12.1 Å². The summed E-state index contributed by atoms with van der Waals surface area (Å²) in [4.78, 5) is 10.4. The highest BCUT2D eigenvalue weighted by Crippen LogP contribution is 2.32. The van der Waals surface area contributed by atoms with Gasteiger partial charge in [0.2, 0.25) is 0 Å². The molecule has 0 aliphatic carbocycles. The highest BCUT2D eigenvalue weighted by Gasteiger charge is 2.09. The van der Waals surface area contributed by atoms with Crippen molar-refractivity contribution in [3.63, 3.8) is 0 Å². The minimum atomic E-state index is -0.832. The van der Waals surface area contributed by atoms with E-state index in [1.54, 1.807) is 26.4 Å². The summed E-state index contributed by atoms with van der Waals surface area (Å²) in [5.74, 6) is 0.328. The van der Waals surface area contributed by atoms with Crippen LogP contribution in [0.2, 0.25) is 5.02 Å². The van der Waals surface area contributed by atoms with Crippen LogP contribution >= 0.6 is 11.6 Å². The van der Waals surface area contributed by atoms with E-state index in [1.165, 1.54) is 0 Å². The second-order valence-corrected chi connectivity index (χ2v) is 4.03. The zero-order chi connectivity index (χ0) is 13.5. The van der Waals surface area contributed by atoms with E-state index < -0.39 is 5.97 Å². The molecule has 0 unspecified atom stereocenters. The molecule has 0 bridgehead atoms. The third-order valence-corrected chi connectivity index (χ3v) is 2.74. The summed E-state index contributed by atoms with van der Waals surface area (Å²) in [6.45, 7) is 0.868. The molecule has 0 aromatic heterocycles. The van der Waals surface area contributed by atoms with Gasteiger partial charge in [0, 0.05) is 24.2 Å². The standard InChI is InChI=1S/C12H16ClNO4/c1-17-10-5-8(7-14-4-3-12(15)16)9(13)6-11(10)18-2/h5-6,14H,3-4,7H2,1-2H3,(H,15,16). The van der Waals surface area contributed by atoms with Crippen molar-refractivity contribution >= 4 is 17.6 Å². The summed E-state index contributed by atoms with van der Waals surface area (Å²) in [5, 5.41) is 12.1. The number of carboxylic acids is 1. The van der Waals surface area contributed by atoms with Crippen molar-refractivity contribution in [3.8, 4) is 11.5 Å². The van der Waals surface area contributed by atoms with Gasteiger partial charge in [-0.25, -0.2) is 0 Å². The van der Waals surface area contributed by atoms with Gasteiger partial charge >= 0.3 is 5.97 Å². The highest BCUT2D eigenvalue weighted by atomic mass is 35.5.